The Morgan fingerprint density at radius 3 is 2.18 bits per heavy atom. The molecule has 3 heteroatoms. The summed E-state index contributed by atoms with van der Waals surface area (Å²) in [4.78, 5) is 2.77. The lowest BCUT2D eigenvalue weighted by molar-refractivity contribution is 0.116. The first kappa shape index (κ1) is 24.3. The van der Waals surface area contributed by atoms with Crippen molar-refractivity contribution in [1.29, 1.82) is 0 Å². The molecule has 0 radical (unpaired) electrons. The molecule has 0 aliphatic heterocycles. The Morgan fingerprint density at radius 1 is 0.818 bits per heavy atom. The number of benzene rings is 2. The van der Waals surface area contributed by atoms with E-state index in [4.69, 9.17) is 10.5 Å². The van der Waals surface area contributed by atoms with Gasteiger partial charge in [0.1, 0.15) is 5.75 Å². The summed E-state index contributed by atoms with van der Waals surface area (Å²) in [6.07, 6.45) is 14.6. The predicted octanol–water partition coefficient (Wildman–Crippen LogP) is 6.60. The Balaban J connectivity index is 1.32. The molecule has 2 aromatic rings. The maximum Gasteiger partial charge on any atom is 0.119 e. The van der Waals surface area contributed by atoms with Gasteiger partial charge in [0.2, 0.25) is 0 Å². The van der Waals surface area contributed by atoms with E-state index in [1.807, 2.05) is 6.07 Å². The summed E-state index contributed by atoms with van der Waals surface area (Å²) >= 11 is 0. The lowest BCUT2D eigenvalue weighted by Gasteiger charge is -2.38. The molecular weight excluding hydrogens is 404 g/mol. The topological polar surface area (TPSA) is 38.5 Å². The maximum absolute atomic E-state index is 6.13. The smallest absolute Gasteiger partial charge is 0.119 e. The van der Waals surface area contributed by atoms with Gasteiger partial charge in [0.05, 0.1) is 7.11 Å². The van der Waals surface area contributed by atoms with Gasteiger partial charge in [-0.2, -0.15) is 0 Å². The number of nitrogens with zero attached hydrogens (tertiary/aromatic N) is 1. The number of methoxy groups -OCH3 is 1. The van der Waals surface area contributed by atoms with Crippen LogP contribution in [0.15, 0.2) is 54.6 Å². The van der Waals surface area contributed by atoms with E-state index in [0.717, 1.165) is 30.6 Å². The molecule has 0 amide bonds. The van der Waals surface area contributed by atoms with Gasteiger partial charge in [-0.15, -0.1) is 0 Å². The van der Waals surface area contributed by atoms with Crippen LogP contribution in [-0.4, -0.2) is 30.6 Å². The molecule has 33 heavy (non-hydrogen) atoms. The van der Waals surface area contributed by atoms with Gasteiger partial charge in [0.25, 0.3) is 0 Å². The highest BCUT2D eigenvalue weighted by Crippen LogP contribution is 2.36. The molecule has 3 nitrogen and oxygen atoms in total. The van der Waals surface area contributed by atoms with Crippen LogP contribution in [0.3, 0.4) is 0 Å². The molecule has 4 rings (SSSR count). The van der Waals surface area contributed by atoms with Crippen LogP contribution in [0.5, 0.6) is 5.75 Å². The molecule has 0 atom stereocenters. The maximum atomic E-state index is 6.13. The van der Waals surface area contributed by atoms with Gasteiger partial charge < -0.3 is 10.5 Å². The first-order chi connectivity index (χ1) is 16.2. The summed E-state index contributed by atoms with van der Waals surface area (Å²) in [7, 11) is 1.76. The minimum Gasteiger partial charge on any atom is -0.497 e. The lowest BCUT2D eigenvalue weighted by Crippen LogP contribution is -2.39. The van der Waals surface area contributed by atoms with Gasteiger partial charge in [0, 0.05) is 18.6 Å². The van der Waals surface area contributed by atoms with Crippen molar-refractivity contribution in [2.45, 2.75) is 89.3 Å². The molecule has 2 aliphatic carbocycles. The lowest BCUT2D eigenvalue weighted by atomic mass is 9.75. The molecule has 2 N–H and O–H groups in total. The second-order valence-electron chi connectivity index (χ2n) is 10.6. The van der Waals surface area contributed by atoms with Crippen LogP contribution in [0.1, 0.15) is 75.3 Å². The largest absolute Gasteiger partial charge is 0.497 e. The minimum absolute atomic E-state index is 0.470. The zero-order chi connectivity index (χ0) is 22.9. The average Bonchev–Trinajstić information content (AvgIpc) is 2.86. The van der Waals surface area contributed by atoms with Gasteiger partial charge >= 0.3 is 0 Å². The van der Waals surface area contributed by atoms with Crippen molar-refractivity contribution in [3.05, 3.63) is 65.7 Å². The Hall–Kier alpha value is -1.84. The van der Waals surface area contributed by atoms with Gasteiger partial charge in [0.15, 0.2) is 0 Å². The van der Waals surface area contributed by atoms with Gasteiger partial charge in [-0.3, -0.25) is 4.90 Å². The number of hydrogen-bond donors (Lipinski definition) is 1. The summed E-state index contributed by atoms with van der Waals surface area (Å²) in [6, 6.07) is 20.8. The second-order valence-corrected chi connectivity index (χ2v) is 10.6. The van der Waals surface area contributed by atoms with Crippen LogP contribution in [0, 0.1) is 11.8 Å². The van der Waals surface area contributed by atoms with Crippen molar-refractivity contribution in [3.8, 4) is 5.75 Å². The van der Waals surface area contributed by atoms with Crippen LogP contribution in [-0.2, 0) is 13.0 Å². The third kappa shape index (κ3) is 7.58. The first-order valence-electron chi connectivity index (χ1n) is 13.4. The van der Waals surface area contributed by atoms with E-state index in [1.54, 1.807) is 7.11 Å². The van der Waals surface area contributed by atoms with Crippen molar-refractivity contribution >= 4 is 0 Å². The van der Waals surface area contributed by atoms with Crippen LogP contribution >= 0.6 is 0 Å². The Bertz CT molecular complexity index is 807. The van der Waals surface area contributed by atoms with Crippen LogP contribution < -0.4 is 10.5 Å². The van der Waals surface area contributed by atoms with E-state index in [9.17, 15) is 0 Å². The first-order valence-corrected chi connectivity index (χ1v) is 13.4. The van der Waals surface area contributed by atoms with Gasteiger partial charge in [-0.05, 0) is 112 Å². The second kappa shape index (κ2) is 12.6. The highest BCUT2D eigenvalue weighted by molar-refractivity contribution is 5.28. The van der Waals surface area contributed by atoms with Gasteiger partial charge in [-0.25, -0.2) is 0 Å². The van der Waals surface area contributed by atoms with E-state index >= 15 is 0 Å². The van der Waals surface area contributed by atoms with Crippen molar-refractivity contribution in [2.75, 3.05) is 13.7 Å². The molecule has 0 bridgehead atoms. The molecule has 2 aromatic carbocycles. The summed E-state index contributed by atoms with van der Waals surface area (Å²) < 4.78 is 5.49. The Labute approximate surface area is 201 Å². The molecule has 2 aliphatic rings. The highest BCUT2D eigenvalue weighted by Gasteiger charge is 2.28. The number of nitrogens with two attached hydrogens (primary N) is 1. The molecule has 0 heterocycles. The molecule has 0 aromatic heterocycles. The molecule has 2 fully saturated rings. The molecule has 180 valence electrons. The molecule has 0 unspecified atom stereocenters. The zero-order valence-electron chi connectivity index (χ0n) is 20.6. The fourth-order valence-electron chi connectivity index (χ4n) is 6.17. The predicted molar refractivity (Wildman–Crippen MR) is 138 cm³/mol. The molecule has 0 spiro atoms. The third-order valence-electron chi connectivity index (χ3n) is 8.16. The highest BCUT2D eigenvalue weighted by atomic mass is 16.5. The summed E-state index contributed by atoms with van der Waals surface area (Å²) in [5, 5.41) is 0. The standard InChI is InChI=1S/C30H44N2O/c1-33-30-11-5-9-27(22-30)23-32(20-6-10-24-7-3-2-4-8-24)29-18-14-26(15-19-29)21-25-12-16-28(31)17-13-25/h2-5,7-9,11,22,25-26,28-29H,6,10,12-21,23,31H2,1H3. The van der Waals surface area contributed by atoms with Crippen molar-refractivity contribution < 1.29 is 4.74 Å². The molecule has 0 saturated heterocycles. The van der Waals surface area contributed by atoms with Crippen molar-refractivity contribution in [1.82, 2.24) is 4.90 Å². The van der Waals surface area contributed by atoms with E-state index in [1.165, 1.54) is 81.9 Å². The van der Waals surface area contributed by atoms with Crippen LogP contribution in [0.25, 0.3) is 0 Å². The number of rotatable bonds is 10. The van der Waals surface area contributed by atoms with E-state index in [2.05, 4.69) is 53.4 Å². The fraction of sp³-hybridized carbons (Fsp3) is 0.600. The van der Waals surface area contributed by atoms with Crippen molar-refractivity contribution in [3.63, 3.8) is 0 Å². The molecule has 2 saturated carbocycles. The SMILES string of the molecule is COc1cccc(CN(CCCc2ccccc2)C2CCC(CC3CCC(N)CC3)CC2)c1. The van der Waals surface area contributed by atoms with Crippen molar-refractivity contribution in [2.24, 2.45) is 17.6 Å². The number of ether oxygens (including phenoxy) is 1. The quantitative estimate of drug-likeness (QED) is 0.445. The number of aryl methyl sites for hydroxylation is 1. The minimum atomic E-state index is 0.470. The average molecular weight is 449 g/mol. The van der Waals surface area contributed by atoms with E-state index < -0.39 is 0 Å². The summed E-state index contributed by atoms with van der Waals surface area (Å²) in [5.74, 6) is 2.83. The van der Waals surface area contributed by atoms with Gasteiger partial charge in [-0.1, -0.05) is 42.5 Å². The monoisotopic (exact) mass is 448 g/mol. The van der Waals surface area contributed by atoms with E-state index in [-0.39, 0.29) is 0 Å². The fourth-order valence-corrected chi connectivity index (χ4v) is 6.17. The van der Waals surface area contributed by atoms with Crippen LogP contribution in [0.2, 0.25) is 0 Å². The van der Waals surface area contributed by atoms with Crippen LogP contribution in [0.4, 0.5) is 0 Å². The third-order valence-corrected chi connectivity index (χ3v) is 8.16. The summed E-state index contributed by atoms with van der Waals surface area (Å²) in [6.45, 7) is 2.20. The molecular formula is C30H44N2O. The Kier molecular flexibility index (Phi) is 9.26. The zero-order valence-corrected chi connectivity index (χ0v) is 20.6. The van der Waals surface area contributed by atoms with E-state index in [0.29, 0.717) is 12.1 Å². The Morgan fingerprint density at radius 2 is 1.48 bits per heavy atom. The summed E-state index contributed by atoms with van der Waals surface area (Å²) in [5.41, 5.74) is 8.95. The number of hydrogen-bond acceptors (Lipinski definition) is 3. The normalized spacial score (nSPS) is 25.8.